The van der Waals surface area contributed by atoms with Gasteiger partial charge in [0.25, 0.3) is 0 Å². The molecule has 0 saturated carbocycles. The highest BCUT2D eigenvalue weighted by molar-refractivity contribution is 5.73. The number of aromatic nitrogens is 2. The van der Waals surface area contributed by atoms with Gasteiger partial charge in [-0.15, -0.1) is 0 Å². The van der Waals surface area contributed by atoms with Crippen LogP contribution in [0.25, 0.3) is 11.2 Å². The highest BCUT2D eigenvalue weighted by Crippen LogP contribution is 2.22. The van der Waals surface area contributed by atoms with E-state index in [2.05, 4.69) is 10.6 Å². The van der Waals surface area contributed by atoms with Gasteiger partial charge in [-0.25, -0.2) is 4.73 Å². The normalized spacial score (nSPS) is 10.7. The van der Waals surface area contributed by atoms with E-state index >= 15 is 0 Å². The summed E-state index contributed by atoms with van der Waals surface area (Å²) in [5, 5.41) is 26.3. The van der Waals surface area contributed by atoms with Crippen LogP contribution < -0.4 is 15.4 Å². The van der Waals surface area contributed by atoms with Gasteiger partial charge in [0.05, 0.1) is 7.05 Å². The minimum Gasteiger partial charge on any atom is -0.737 e. The van der Waals surface area contributed by atoms with Gasteiger partial charge in [0.1, 0.15) is 0 Å². The van der Waals surface area contributed by atoms with Gasteiger partial charge in [-0.1, -0.05) is 4.73 Å². The third-order valence-corrected chi connectivity index (χ3v) is 1.97. The molecule has 2 aromatic heterocycles. The van der Waals surface area contributed by atoms with Crippen molar-refractivity contribution in [3.63, 3.8) is 0 Å². The molecule has 14 heavy (non-hydrogen) atoms. The van der Waals surface area contributed by atoms with Crippen molar-refractivity contribution < 1.29 is 14.4 Å². The summed E-state index contributed by atoms with van der Waals surface area (Å²) < 4.78 is 6.35. The molecule has 0 fully saturated rings. The molecule has 2 rings (SSSR count). The first-order valence-corrected chi connectivity index (χ1v) is 4.01. The predicted octanol–water partition coefficient (Wildman–Crippen LogP) is 0.188. The molecular weight excluding hydrogens is 188 g/mol. The number of hydrogen-bond donors (Lipinski definition) is 3. The Bertz CT molecular complexity index is 433. The predicted molar refractivity (Wildman–Crippen MR) is 49.4 cm³/mol. The number of oxazole rings is 1. The topological polar surface area (TPSA) is 89.3 Å². The van der Waals surface area contributed by atoms with Crippen LogP contribution in [0.4, 0.5) is 11.8 Å². The molecule has 0 aliphatic carbocycles. The van der Waals surface area contributed by atoms with E-state index in [1.165, 1.54) is 6.07 Å². The summed E-state index contributed by atoms with van der Waals surface area (Å²) in [7, 11) is 3.20. The second-order valence-electron chi connectivity index (χ2n) is 2.73. The van der Waals surface area contributed by atoms with E-state index in [0.717, 1.165) is 4.73 Å². The Morgan fingerprint density at radius 1 is 1.50 bits per heavy atom. The van der Waals surface area contributed by atoms with E-state index in [0.29, 0.717) is 16.1 Å². The van der Waals surface area contributed by atoms with Crippen LogP contribution in [0, 0.1) is 5.21 Å². The van der Waals surface area contributed by atoms with E-state index in [9.17, 15) is 10.4 Å². The van der Waals surface area contributed by atoms with Crippen molar-refractivity contribution in [2.24, 2.45) is 0 Å². The molecule has 3 N–H and O–H groups in total. The molecule has 2 aromatic rings. The second-order valence-corrected chi connectivity index (χ2v) is 2.73. The SMILES string of the molecule is CNc1cc2oc(NC)[n+]([O-])c2n1O. The van der Waals surface area contributed by atoms with Crippen molar-refractivity contribution in [2.45, 2.75) is 0 Å². The maximum atomic E-state index is 11.5. The zero-order valence-electron chi connectivity index (χ0n) is 7.74. The molecule has 76 valence electrons. The standard InChI is InChI=1S/C7H10N4O3/c1-8-5-3-4-6(10(5)12)11(13)7(9-2)14-4/h3,8-9,12H,1-2H3. The van der Waals surface area contributed by atoms with E-state index in [1.54, 1.807) is 14.1 Å². The van der Waals surface area contributed by atoms with Gasteiger partial charge >= 0.3 is 11.7 Å². The number of nitrogens with one attached hydrogen (secondary N) is 2. The van der Waals surface area contributed by atoms with Crippen molar-refractivity contribution in [1.29, 1.82) is 0 Å². The van der Waals surface area contributed by atoms with Crippen LogP contribution in [0.5, 0.6) is 0 Å². The zero-order valence-corrected chi connectivity index (χ0v) is 7.74. The summed E-state index contributed by atoms with van der Waals surface area (Å²) in [6.07, 6.45) is 0. The molecule has 2 heterocycles. The van der Waals surface area contributed by atoms with E-state index in [1.807, 2.05) is 0 Å². The van der Waals surface area contributed by atoms with Crippen LogP contribution in [0.1, 0.15) is 0 Å². The molecule has 0 radical (unpaired) electrons. The third-order valence-electron chi connectivity index (χ3n) is 1.97. The number of nitrogens with zero attached hydrogens (tertiary/aromatic N) is 2. The third kappa shape index (κ3) is 0.889. The fourth-order valence-corrected chi connectivity index (χ4v) is 1.30. The molecule has 0 atom stereocenters. The summed E-state index contributed by atoms with van der Waals surface area (Å²) in [6.45, 7) is 0. The van der Waals surface area contributed by atoms with Crippen LogP contribution in [-0.4, -0.2) is 24.0 Å². The number of hydrogen-bond acceptors (Lipinski definition) is 5. The van der Waals surface area contributed by atoms with Crippen molar-refractivity contribution >= 4 is 23.1 Å². The summed E-state index contributed by atoms with van der Waals surface area (Å²) >= 11 is 0. The second kappa shape index (κ2) is 2.72. The Hall–Kier alpha value is -2.05. The van der Waals surface area contributed by atoms with Gasteiger partial charge in [0.2, 0.25) is 11.4 Å². The van der Waals surface area contributed by atoms with Crippen molar-refractivity contribution in [3.05, 3.63) is 11.3 Å². The smallest absolute Gasteiger partial charge is 0.398 e. The Labute approximate surface area is 79.1 Å². The van der Waals surface area contributed by atoms with Gasteiger partial charge in [-0.3, -0.25) is 5.32 Å². The molecule has 0 saturated heterocycles. The minimum atomic E-state index is 0.0421. The van der Waals surface area contributed by atoms with Crippen LogP contribution in [-0.2, 0) is 0 Å². The lowest BCUT2D eigenvalue weighted by atomic mass is 10.6. The first-order valence-electron chi connectivity index (χ1n) is 4.01. The van der Waals surface area contributed by atoms with Crippen LogP contribution in [0.3, 0.4) is 0 Å². The van der Waals surface area contributed by atoms with Gasteiger partial charge in [-0.2, -0.15) is 0 Å². The minimum absolute atomic E-state index is 0.0421. The average Bonchev–Trinajstić information content (AvgIpc) is 2.65. The Morgan fingerprint density at radius 3 is 2.71 bits per heavy atom. The van der Waals surface area contributed by atoms with Gasteiger partial charge in [0, 0.05) is 13.1 Å². The number of fused-ring (bicyclic) bond motifs is 1. The van der Waals surface area contributed by atoms with Crippen LogP contribution in [0.2, 0.25) is 0 Å². The van der Waals surface area contributed by atoms with E-state index in [-0.39, 0.29) is 11.7 Å². The highest BCUT2D eigenvalue weighted by atomic mass is 16.5. The quantitative estimate of drug-likeness (QED) is 0.364. The Kier molecular flexibility index (Phi) is 1.66. The molecule has 0 aliphatic rings. The van der Waals surface area contributed by atoms with Gasteiger partial charge in [0.15, 0.2) is 0 Å². The largest absolute Gasteiger partial charge is 0.737 e. The molecule has 0 spiro atoms. The van der Waals surface area contributed by atoms with Gasteiger partial charge in [-0.05, 0) is 0 Å². The fourth-order valence-electron chi connectivity index (χ4n) is 1.30. The van der Waals surface area contributed by atoms with E-state index < -0.39 is 0 Å². The first-order chi connectivity index (χ1) is 6.69. The summed E-state index contributed by atoms with van der Waals surface area (Å²) in [6, 6.07) is 1.57. The Balaban J connectivity index is 2.73. The lowest BCUT2D eigenvalue weighted by Gasteiger charge is -2.02. The molecule has 0 aromatic carbocycles. The lowest BCUT2D eigenvalue weighted by molar-refractivity contribution is -0.570. The molecule has 0 aliphatic heterocycles. The monoisotopic (exact) mass is 198 g/mol. The zero-order chi connectivity index (χ0) is 10.3. The molecule has 0 bridgehead atoms. The maximum Gasteiger partial charge on any atom is 0.398 e. The highest BCUT2D eigenvalue weighted by Gasteiger charge is 2.21. The first kappa shape index (κ1) is 8.54. The van der Waals surface area contributed by atoms with Crippen LogP contribution in [0.15, 0.2) is 10.5 Å². The molecular formula is C7H10N4O3. The van der Waals surface area contributed by atoms with Crippen molar-refractivity contribution in [2.75, 3.05) is 24.7 Å². The summed E-state index contributed by atoms with van der Waals surface area (Å²) in [5.74, 6) is 0.394. The molecule has 7 nitrogen and oxygen atoms in total. The summed E-state index contributed by atoms with van der Waals surface area (Å²) in [5.41, 5.74) is 0.370. The Morgan fingerprint density at radius 2 is 2.21 bits per heavy atom. The van der Waals surface area contributed by atoms with Crippen molar-refractivity contribution in [1.82, 2.24) is 4.73 Å². The number of anilines is 2. The fraction of sp³-hybridized carbons (Fsp3) is 0.286. The van der Waals surface area contributed by atoms with Crippen molar-refractivity contribution in [3.8, 4) is 0 Å². The average molecular weight is 198 g/mol. The molecule has 0 unspecified atom stereocenters. The van der Waals surface area contributed by atoms with E-state index in [4.69, 9.17) is 4.42 Å². The molecule has 0 amide bonds. The molecule has 7 heteroatoms. The maximum absolute atomic E-state index is 11.5. The number of rotatable bonds is 2. The van der Waals surface area contributed by atoms with Gasteiger partial charge < -0.3 is 20.1 Å². The lowest BCUT2D eigenvalue weighted by Crippen LogP contribution is -2.29. The van der Waals surface area contributed by atoms with Crippen LogP contribution >= 0.6 is 0 Å². The summed E-state index contributed by atoms with van der Waals surface area (Å²) in [4.78, 5) is 0.